The summed E-state index contributed by atoms with van der Waals surface area (Å²) in [7, 11) is 0. The SMILES string of the molecule is CC(=O)NC(C)C#CC1=CN(Nc2ccc(Oc3ccccc3)c(C)c2)C=CN1. The molecule has 1 heterocycles. The minimum Gasteiger partial charge on any atom is -0.457 e. The largest absolute Gasteiger partial charge is 0.457 e. The van der Waals surface area contributed by atoms with Crippen molar-refractivity contribution in [3.8, 4) is 23.3 Å². The molecule has 2 aromatic carbocycles. The summed E-state index contributed by atoms with van der Waals surface area (Å²) in [4.78, 5) is 11.1. The molecule has 6 heteroatoms. The Labute approximate surface area is 171 Å². The molecule has 3 rings (SSSR count). The summed E-state index contributed by atoms with van der Waals surface area (Å²) < 4.78 is 5.93. The topological polar surface area (TPSA) is 65.6 Å². The van der Waals surface area contributed by atoms with Crippen molar-refractivity contribution in [1.29, 1.82) is 0 Å². The highest BCUT2D eigenvalue weighted by atomic mass is 16.5. The Morgan fingerprint density at radius 1 is 1.21 bits per heavy atom. The van der Waals surface area contributed by atoms with E-state index in [1.807, 2.05) is 79.8 Å². The monoisotopic (exact) mass is 388 g/mol. The number of amides is 1. The van der Waals surface area contributed by atoms with Gasteiger partial charge in [-0.25, -0.2) is 0 Å². The summed E-state index contributed by atoms with van der Waals surface area (Å²) >= 11 is 0. The van der Waals surface area contributed by atoms with Crippen LogP contribution in [0.15, 0.2) is 72.8 Å². The van der Waals surface area contributed by atoms with E-state index in [4.69, 9.17) is 4.74 Å². The number of ether oxygens (including phenoxy) is 1. The van der Waals surface area contributed by atoms with Crippen LogP contribution in [0.5, 0.6) is 11.5 Å². The van der Waals surface area contributed by atoms with E-state index < -0.39 is 0 Å². The molecule has 1 aliphatic heterocycles. The van der Waals surface area contributed by atoms with Crippen molar-refractivity contribution in [3.05, 3.63) is 78.4 Å². The van der Waals surface area contributed by atoms with Gasteiger partial charge in [0.2, 0.25) is 5.91 Å². The third kappa shape index (κ3) is 6.08. The number of hydrazine groups is 1. The fraction of sp³-hybridized carbons (Fsp3) is 0.174. The Balaban J connectivity index is 1.65. The molecule has 6 nitrogen and oxygen atoms in total. The molecule has 0 saturated carbocycles. The number of nitrogens with one attached hydrogen (secondary N) is 3. The summed E-state index contributed by atoms with van der Waals surface area (Å²) in [6.07, 6.45) is 5.49. The van der Waals surface area contributed by atoms with Crippen LogP contribution in [0.1, 0.15) is 19.4 Å². The smallest absolute Gasteiger partial charge is 0.217 e. The first-order valence-electron chi connectivity index (χ1n) is 9.32. The van der Waals surface area contributed by atoms with Gasteiger partial charge in [0, 0.05) is 19.3 Å². The number of hydrogen-bond acceptors (Lipinski definition) is 5. The van der Waals surface area contributed by atoms with Gasteiger partial charge in [0.1, 0.15) is 17.2 Å². The van der Waals surface area contributed by atoms with Gasteiger partial charge in [0.05, 0.1) is 17.9 Å². The molecule has 29 heavy (non-hydrogen) atoms. The van der Waals surface area contributed by atoms with Gasteiger partial charge < -0.3 is 15.4 Å². The zero-order chi connectivity index (χ0) is 20.6. The maximum atomic E-state index is 11.1. The highest BCUT2D eigenvalue weighted by Crippen LogP contribution is 2.27. The Morgan fingerprint density at radius 3 is 2.72 bits per heavy atom. The molecule has 1 amide bonds. The molecule has 0 aliphatic carbocycles. The standard InChI is InChI=1S/C23H24N4O2/c1-17-15-20(11-12-23(17)29-22-7-5-4-6-8-22)26-27-14-13-24-21(16-27)10-9-18(2)25-19(3)28/h4-8,11-16,18,24,26H,1-3H3,(H,25,28). The molecule has 0 spiro atoms. The van der Waals surface area contributed by atoms with Crippen LogP contribution in [0, 0.1) is 18.8 Å². The summed E-state index contributed by atoms with van der Waals surface area (Å²) in [5.41, 5.74) is 5.96. The molecule has 0 fully saturated rings. The average Bonchev–Trinajstić information content (AvgIpc) is 2.69. The van der Waals surface area contributed by atoms with E-state index in [-0.39, 0.29) is 11.9 Å². The van der Waals surface area contributed by atoms with Crippen LogP contribution in [0.3, 0.4) is 0 Å². The second-order valence-corrected chi connectivity index (χ2v) is 6.61. The lowest BCUT2D eigenvalue weighted by atomic mass is 10.2. The van der Waals surface area contributed by atoms with Gasteiger partial charge in [-0.3, -0.25) is 15.2 Å². The Bertz CT molecular complexity index is 987. The van der Waals surface area contributed by atoms with Crippen molar-refractivity contribution in [3.63, 3.8) is 0 Å². The molecule has 0 radical (unpaired) electrons. The Hall–Kier alpha value is -3.85. The van der Waals surface area contributed by atoms with E-state index in [9.17, 15) is 4.79 Å². The minimum atomic E-state index is -0.220. The lowest BCUT2D eigenvalue weighted by Gasteiger charge is -2.22. The van der Waals surface area contributed by atoms with E-state index in [0.29, 0.717) is 0 Å². The number of carbonyl (C=O) groups is 1. The Morgan fingerprint density at radius 2 is 2.00 bits per heavy atom. The van der Waals surface area contributed by atoms with Crippen molar-refractivity contribution >= 4 is 11.6 Å². The number of carbonyl (C=O) groups excluding carboxylic acids is 1. The van der Waals surface area contributed by atoms with Crippen molar-refractivity contribution in [1.82, 2.24) is 15.6 Å². The summed E-state index contributed by atoms with van der Waals surface area (Å²) in [5, 5.41) is 7.64. The zero-order valence-corrected chi connectivity index (χ0v) is 16.7. The van der Waals surface area contributed by atoms with Crippen LogP contribution < -0.4 is 20.8 Å². The van der Waals surface area contributed by atoms with Crippen molar-refractivity contribution in [2.45, 2.75) is 26.8 Å². The summed E-state index contributed by atoms with van der Waals surface area (Å²) in [6.45, 7) is 5.32. The van der Waals surface area contributed by atoms with Gasteiger partial charge in [0.25, 0.3) is 0 Å². The predicted octanol–water partition coefficient (Wildman–Crippen LogP) is 3.86. The molecular formula is C23H24N4O2. The molecule has 3 N–H and O–H groups in total. The number of para-hydroxylation sites is 1. The zero-order valence-electron chi connectivity index (χ0n) is 16.7. The normalized spacial score (nSPS) is 13.3. The second kappa shape index (κ2) is 9.38. The fourth-order valence-electron chi connectivity index (χ4n) is 2.69. The van der Waals surface area contributed by atoms with Crippen molar-refractivity contribution in [2.75, 3.05) is 5.43 Å². The van der Waals surface area contributed by atoms with Gasteiger partial charge in [-0.1, -0.05) is 24.1 Å². The van der Waals surface area contributed by atoms with Gasteiger partial charge in [-0.15, -0.1) is 0 Å². The van der Waals surface area contributed by atoms with E-state index in [1.165, 1.54) is 6.92 Å². The molecule has 148 valence electrons. The Kier molecular flexibility index (Phi) is 6.43. The molecular weight excluding hydrogens is 364 g/mol. The number of rotatable bonds is 5. The predicted molar refractivity (Wildman–Crippen MR) is 115 cm³/mol. The van der Waals surface area contributed by atoms with Gasteiger partial charge in [0.15, 0.2) is 0 Å². The van der Waals surface area contributed by atoms with Crippen molar-refractivity contribution in [2.24, 2.45) is 0 Å². The molecule has 2 aromatic rings. The van der Waals surface area contributed by atoms with Crippen LogP contribution >= 0.6 is 0 Å². The first-order chi connectivity index (χ1) is 14.0. The molecule has 1 aliphatic rings. The summed E-state index contributed by atoms with van der Waals surface area (Å²) in [5.74, 6) is 7.53. The van der Waals surface area contributed by atoms with E-state index in [2.05, 4.69) is 27.9 Å². The molecule has 0 saturated heterocycles. The van der Waals surface area contributed by atoms with Crippen LogP contribution in [-0.4, -0.2) is 17.0 Å². The second-order valence-electron chi connectivity index (χ2n) is 6.61. The van der Waals surface area contributed by atoms with Crippen LogP contribution in [-0.2, 0) is 4.79 Å². The first kappa shape index (κ1) is 19.9. The van der Waals surface area contributed by atoms with Gasteiger partial charge >= 0.3 is 0 Å². The third-order valence-electron chi connectivity index (χ3n) is 3.99. The van der Waals surface area contributed by atoms with E-state index in [0.717, 1.165) is 28.4 Å². The number of benzene rings is 2. The maximum Gasteiger partial charge on any atom is 0.217 e. The molecule has 0 bridgehead atoms. The van der Waals surface area contributed by atoms with Crippen LogP contribution in [0.25, 0.3) is 0 Å². The first-order valence-corrected chi connectivity index (χ1v) is 9.32. The highest BCUT2D eigenvalue weighted by Gasteiger charge is 2.07. The number of nitrogens with zero attached hydrogens (tertiary/aromatic N) is 1. The summed E-state index contributed by atoms with van der Waals surface area (Å²) in [6, 6.07) is 15.4. The van der Waals surface area contributed by atoms with Crippen molar-refractivity contribution < 1.29 is 9.53 Å². The van der Waals surface area contributed by atoms with Gasteiger partial charge in [-0.2, -0.15) is 0 Å². The number of allylic oxidation sites excluding steroid dienone is 1. The lowest BCUT2D eigenvalue weighted by molar-refractivity contribution is -0.119. The van der Waals surface area contributed by atoms with Crippen LogP contribution in [0.2, 0.25) is 0 Å². The fourth-order valence-corrected chi connectivity index (χ4v) is 2.69. The average molecular weight is 388 g/mol. The number of anilines is 1. The number of aryl methyl sites for hydroxylation is 1. The van der Waals surface area contributed by atoms with Crippen LogP contribution in [0.4, 0.5) is 5.69 Å². The molecule has 1 atom stereocenters. The maximum absolute atomic E-state index is 11.1. The highest BCUT2D eigenvalue weighted by molar-refractivity contribution is 5.73. The quantitative estimate of drug-likeness (QED) is 0.679. The van der Waals surface area contributed by atoms with Gasteiger partial charge in [-0.05, 0) is 55.7 Å². The molecule has 1 unspecified atom stereocenters. The lowest BCUT2D eigenvalue weighted by Crippen LogP contribution is -2.29. The van der Waals surface area contributed by atoms with E-state index in [1.54, 1.807) is 6.20 Å². The van der Waals surface area contributed by atoms with E-state index >= 15 is 0 Å². The molecule has 0 aromatic heterocycles. The third-order valence-corrected chi connectivity index (χ3v) is 3.99. The number of hydrogen-bond donors (Lipinski definition) is 3. The minimum absolute atomic E-state index is 0.101.